The molecule has 1 aromatic rings. The molecule has 0 bridgehead atoms. The number of Topliss-reactive ketones (excluding diaryl/α,β-unsaturated/α-hetero) is 1. The van der Waals surface area contributed by atoms with Crippen LogP contribution in [0.1, 0.15) is 18.4 Å². The van der Waals surface area contributed by atoms with Gasteiger partial charge in [0.1, 0.15) is 11.6 Å². The zero-order valence-corrected chi connectivity index (χ0v) is 10.1. The van der Waals surface area contributed by atoms with E-state index in [2.05, 4.69) is 5.32 Å². The van der Waals surface area contributed by atoms with Crippen LogP contribution < -0.4 is 5.32 Å². The van der Waals surface area contributed by atoms with E-state index in [-0.39, 0.29) is 25.8 Å². The van der Waals surface area contributed by atoms with Crippen molar-refractivity contribution in [3.8, 4) is 0 Å². The van der Waals surface area contributed by atoms with Gasteiger partial charge in [-0.25, -0.2) is 8.78 Å². The van der Waals surface area contributed by atoms with Gasteiger partial charge in [-0.05, 0) is 24.1 Å². The van der Waals surface area contributed by atoms with Gasteiger partial charge in [-0.1, -0.05) is 0 Å². The lowest BCUT2D eigenvalue weighted by molar-refractivity contribution is -0.148. The largest absolute Gasteiger partial charge is 0.373 e. The third kappa shape index (κ3) is 2.78. The molecule has 1 unspecified atom stereocenters. The Labute approximate surface area is 108 Å². The summed E-state index contributed by atoms with van der Waals surface area (Å²) in [6.45, 7) is 0.246. The van der Waals surface area contributed by atoms with Gasteiger partial charge in [-0.2, -0.15) is 0 Å². The summed E-state index contributed by atoms with van der Waals surface area (Å²) >= 11 is 0. The number of amides is 1. The van der Waals surface area contributed by atoms with Gasteiger partial charge >= 0.3 is 0 Å². The third-order valence-corrected chi connectivity index (χ3v) is 3.17. The van der Waals surface area contributed by atoms with Gasteiger partial charge in [0.2, 0.25) is 5.60 Å². The Hall–Kier alpha value is -1.82. The Kier molecular flexibility index (Phi) is 3.61. The highest BCUT2D eigenvalue weighted by Crippen LogP contribution is 2.20. The van der Waals surface area contributed by atoms with Crippen molar-refractivity contribution in [1.82, 2.24) is 5.32 Å². The van der Waals surface area contributed by atoms with E-state index in [4.69, 9.17) is 0 Å². The molecule has 6 heteroatoms. The average Bonchev–Trinajstić information content (AvgIpc) is 2.67. The van der Waals surface area contributed by atoms with Crippen LogP contribution in [0.2, 0.25) is 0 Å². The standard InChI is InChI=1S/C13H13F2NO3/c14-9-5-8(6-10(15)7-9)1-2-11(17)13(19)3-4-16-12(13)18/h5-7,19H,1-4H2,(H,16,18). The Morgan fingerprint density at radius 3 is 2.47 bits per heavy atom. The summed E-state index contributed by atoms with van der Waals surface area (Å²) in [4.78, 5) is 23.2. The van der Waals surface area contributed by atoms with Gasteiger partial charge in [0.25, 0.3) is 5.91 Å². The molecule has 1 atom stereocenters. The molecule has 0 radical (unpaired) electrons. The van der Waals surface area contributed by atoms with Crippen LogP contribution in [0, 0.1) is 11.6 Å². The van der Waals surface area contributed by atoms with Gasteiger partial charge in [-0.3, -0.25) is 9.59 Å². The zero-order valence-electron chi connectivity index (χ0n) is 10.1. The molecule has 102 valence electrons. The highest BCUT2D eigenvalue weighted by Gasteiger charge is 2.46. The summed E-state index contributed by atoms with van der Waals surface area (Å²) in [5, 5.41) is 12.3. The molecule has 0 aliphatic carbocycles. The van der Waals surface area contributed by atoms with Gasteiger partial charge in [-0.15, -0.1) is 0 Å². The molecule has 1 fully saturated rings. The van der Waals surface area contributed by atoms with E-state index in [1.165, 1.54) is 0 Å². The molecule has 1 aromatic carbocycles. The molecule has 0 saturated carbocycles. The molecule has 1 aliphatic heterocycles. The van der Waals surface area contributed by atoms with Gasteiger partial charge in [0.05, 0.1) is 0 Å². The first kappa shape index (κ1) is 13.6. The quantitative estimate of drug-likeness (QED) is 0.791. The number of aryl methyl sites for hydroxylation is 1. The predicted octanol–water partition coefficient (Wildman–Crippen LogP) is 0.717. The first-order chi connectivity index (χ1) is 8.91. The second-order valence-electron chi connectivity index (χ2n) is 4.57. The monoisotopic (exact) mass is 269 g/mol. The van der Waals surface area contributed by atoms with E-state index < -0.39 is 28.9 Å². The second-order valence-corrected chi connectivity index (χ2v) is 4.57. The molecule has 1 heterocycles. The fourth-order valence-corrected chi connectivity index (χ4v) is 2.10. The SMILES string of the molecule is O=C(CCc1cc(F)cc(F)c1)C1(O)CCNC1=O. The molecule has 19 heavy (non-hydrogen) atoms. The van der Waals surface area contributed by atoms with Crippen molar-refractivity contribution in [2.24, 2.45) is 0 Å². The number of hydrogen-bond donors (Lipinski definition) is 2. The number of aliphatic hydroxyl groups is 1. The number of carbonyl (C=O) groups is 2. The zero-order chi connectivity index (χ0) is 14.0. The van der Waals surface area contributed by atoms with E-state index in [0.29, 0.717) is 5.56 Å². The van der Waals surface area contributed by atoms with Gasteiger partial charge < -0.3 is 10.4 Å². The fourth-order valence-electron chi connectivity index (χ4n) is 2.10. The van der Waals surface area contributed by atoms with E-state index in [1.807, 2.05) is 0 Å². The first-order valence-electron chi connectivity index (χ1n) is 5.91. The maximum atomic E-state index is 13.0. The molecule has 1 aliphatic rings. The van der Waals surface area contributed by atoms with Crippen molar-refractivity contribution in [3.63, 3.8) is 0 Å². The smallest absolute Gasteiger partial charge is 0.259 e. The number of carbonyl (C=O) groups excluding carboxylic acids is 2. The minimum atomic E-state index is -1.99. The number of benzene rings is 1. The van der Waals surface area contributed by atoms with Crippen LogP contribution in [-0.2, 0) is 16.0 Å². The predicted molar refractivity (Wildman–Crippen MR) is 62.3 cm³/mol. The molecule has 0 spiro atoms. The van der Waals surface area contributed by atoms with Gasteiger partial charge in [0, 0.05) is 25.5 Å². The minimum absolute atomic E-state index is 0.0299. The Bertz CT molecular complexity index is 512. The highest BCUT2D eigenvalue weighted by atomic mass is 19.1. The van der Waals surface area contributed by atoms with Crippen LogP contribution in [0.15, 0.2) is 18.2 Å². The Morgan fingerprint density at radius 2 is 1.95 bits per heavy atom. The van der Waals surface area contributed by atoms with Crippen molar-refractivity contribution in [3.05, 3.63) is 35.4 Å². The lowest BCUT2D eigenvalue weighted by Crippen LogP contribution is -2.45. The lowest BCUT2D eigenvalue weighted by atomic mass is 9.92. The van der Waals surface area contributed by atoms with Crippen LogP contribution in [-0.4, -0.2) is 28.9 Å². The lowest BCUT2D eigenvalue weighted by Gasteiger charge is -2.17. The molecular formula is C13H13F2NO3. The fraction of sp³-hybridized carbons (Fsp3) is 0.385. The van der Waals surface area contributed by atoms with E-state index in [9.17, 15) is 23.5 Å². The molecular weight excluding hydrogens is 256 g/mol. The summed E-state index contributed by atoms with van der Waals surface area (Å²) in [6.07, 6.45) is -0.0436. The number of nitrogens with one attached hydrogen (secondary N) is 1. The maximum absolute atomic E-state index is 13.0. The van der Waals surface area contributed by atoms with Crippen molar-refractivity contribution >= 4 is 11.7 Å². The summed E-state index contributed by atoms with van der Waals surface area (Å²) in [7, 11) is 0. The van der Waals surface area contributed by atoms with Crippen LogP contribution in [0.5, 0.6) is 0 Å². The van der Waals surface area contributed by atoms with Crippen molar-refractivity contribution < 1.29 is 23.5 Å². The summed E-state index contributed by atoms with van der Waals surface area (Å²) in [6, 6.07) is 2.98. The maximum Gasteiger partial charge on any atom is 0.259 e. The van der Waals surface area contributed by atoms with E-state index in [0.717, 1.165) is 18.2 Å². The van der Waals surface area contributed by atoms with Crippen LogP contribution in [0.25, 0.3) is 0 Å². The summed E-state index contributed by atoms with van der Waals surface area (Å²) in [5.41, 5.74) is -1.68. The highest BCUT2D eigenvalue weighted by molar-refractivity contribution is 6.10. The average molecular weight is 269 g/mol. The topological polar surface area (TPSA) is 66.4 Å². The van der Waals surface area contributed by atoms with E-state index in [1.54, 1.807) is 0 Å². The van der Waals surface area contributed by atoms with Crippen molar-refractivity contribution in [2.75, 3.05) is 6.54 Å². The van der Waals surface area contributed by atoms with Crippen molar-refractivity contribution in [2.45, 2.75) is 24.9 Å². The van der Waals surface area contributed by atoms with E-state index >= 15 is 0 Å². The molecule has 4 nitrogen and oxygen atoms in total. The van der Waals surface area contributed by atoms with Crippen molar-refractivity contribution in [1.29, 1.82) is 0 Å². The van der Waals surface area contributed by atoms with Crippen LogP contribution >= 0.6 is 0 Å². The number of ketones is 1. The Balaban J connectivity index is 2.02. The molecule has 1 saturated heterocycles. The number of hydrogen-bond acceptors (Lipinski definition) is 3. The normalized spacial score (nSPS) is 22.4. The second kappa shape index (κ2) is 5.05. The molecule has 0 aromatic heterocycles. The third-order valence-electron chi connectivity index (χ3n) is 3.17. The summed E-state index contributed by atoms with van der Waals surface area (Å²) in [5.74, 6) is -2.78. The molecule has 2 N–H and O–H groups in total. The number of rotatable bonds is 4. The van der Waals surface area contributed by atoms with Crippen LogP contribution in [0.4, 0.5) is 8.78 Å². The Morgan fingerprint density at radius 1 is 1.32 bits per heavy atom. The number of halogens is 2. The minimum Gasteiger partial charge on any atom is -0.373 e. The van der Waals surface area contributed by atoms with Gasteiger partial charge in [0.15, 0.2) is 5.78 Å². The molecule has 1 amide bonds. The summed E-state index contributed by atoms with van der Waals surface area (Å²) < 4.78 is 25.9. The van der Waals surface area contributed by atoms with Crippen LogP contribution in [0.3, 0.4) is 0 Å². The molecule has 2 rings (SSSR count). The first-order valence-corrected chi connectivity index (χ1v) is 5.91.